The number of amides is 1. The van der Waals surface area contributed by atoms with Crippen LogP contribution in [0.1, 0.15) is 29.0 Å². The Morgan fingerprint density at radius 1 is 1.36 bits per heavy atom. The van der Waals surface area contributed by atoms with Crippen molar-refractivity contribution in [3.8, 4) is 0 Å². The molecule has 0 bridgehead atoms. The van der Waals surface area contributed by atoms with Crippen molar-refractivity contribution in [2.75, 3.05) is 13.1 Å². The second-order valence-corrected chi connectivity index (χ2v) is 6.60. The lowest BCUT2D eigenvalue weighted by Crippen LogP contribution is -2.41. The first kappa shape index (κ1) is 15.2. The Hall–Kier alpha value is -1.72. The van der Waals surface area contributed by atoms with Crippen molar-refractivity contribution in [3.05, 3.63) is 57.5 Å². The quantitative estimate of drug-likeness (QED) is 0.939. The van der Waals surface area contributed by atoms with E-state index in [0.29, 0.717) is 13.1 Å². The number of carbonyl (C=O) groups is 1. The lowest BCUT2D eigenvalue weighted by atomic mass is 10.0. The minimum absolute atomic E-state index is 0.00912. The van der Waals surface area contributed by atoms with E-state index in [-0.39, 0.29) is 17.8 Å². The number of rotatable bonds is 4. The summed E-state index contributed by atoms with van der Waals surface area (Å²) >= 11 is 1.80. The van der Waals surface area contributed by atoms with Crippen LogP contribution in [0.2, 0.25) is 0 Å². The molecule has 1 aliphatic heterocycles. The Bertz CT molecular complexity index is 653. The van der Waals surface area contributed by atoms with Crippen LogP contribution in [0, 0.1) is 5.82 Å². The number of halogens is 1. The van der Waals surface area contributed by atoms with Gasteiger partial charge in [-0.1, -0.05) is 12.1 Å². The molecule has 2 aromatic rings. The van der Waals surface area contributed by atoms with Gasteiger partial charge in [-0.25, -0.2) is 4.39 Å². The number of hydrogen-bond donors (Lipinski definition) is 1. The fourth-order valence-electron chi connectivity index (χ4n) is 2.82. The Kier molecular flexibility index (Phi) is 4.55. The maximum atomic E-state index is 12.8. The highest BCUT2D eigenvalue weighted by atomic mass is 32.1. The van der Waals surface area contributed by atoms with E-state index in [9.17, 15) is 9.18 Å². The molecule has 116 valence electrons. The summed E-state index contributed by atoms with van der Waals surface area (Å²) < 4.78 is 12.8. The van der Waals surface area contributed by atoms with Crippen LogP contribution in [0.4, 0.5) is 4.39 Å². The summed E-state index contributed by atoms with van der Waals surface area (Å²) in [5, 5.41) is 5.03. The van der Waals surface area contributed by atoms with Crippen LogP contribution in [0.15, 0.2) is 35.7 Å². The second-order valence-electron chi connectivity index (χ2n) is 5.60. The summed E-state index contributed by atoms with van der Waals surface area (Å²) in [5.74, 6) is -0.251. The average Bonchev–Trinajstić information content (AvgIpc) is 2.99. The van der Waals surface area contributed by atoms with Crippen LogP contribution in [-0.4, -0.2) is 23.9 Å². The predicted molar refractivity (Wildman–Crippen MR) is 86.3 cm³/mol. The van der Waals surface area contributed by atoms with Crippen molar-refractivity contribution in [2.24, 2.45) is 0 Å². The monoisotopic (exact) mass is 318 g/mol. The van der Waals surface area contributed by atoms with Gasteiger partial charge in [0.2, 0.25) is 5.91 Å². The number of nitrogens with zero attached hydrogens (tertiary/aromatic N) is 1. The molecule has 22 heavy (non-hydrogen) atoms. The van der Waals surface area contributed by atoms with Gasteiger partial charge in [-0.05, 0) is 48.1 Å². The second kappa shape index (κ2) is 6.58. The standard InChI is InChI=1S/C17H19FN2OS/c1-12-15-7-9-22-16(15)6-8-20(12)11-17(21)19-10-13-2-4-14(18)5-3-13/h2-5,7,9,12H,6,8,10-11H2,1H3,(H,19,21). The lowest BCUT2D eigenvalue weighted by Gasteiger charge is -2.32. The highest BCUT2D eigenvalue weighted by molar-refractivity contribution is 7.10. The summed E-state index contributed by atoms with van der Waals surface area (Å²) in [7, 11) is 0. The van der Waals surface area contributed by atoms with Crippen LogP contribution in [0.25, 0.3) is 0 Å². The summed E-state index contributed by atoms with van der Waals surface area (Å²) in [5.41, 5.74) is 2.25. The Morgan fingerprint density at radius 2 is 2.14 bits per heavy atom. The summed E-state index contributed by atoms with van der Waals surface area (Å²) in [6.45, 7) is 3.90. The number of fused-ring (bicyclic) bond motifs is 1. The smallest absolute Gasteiger partial charge is 0.234 e. The highest BCUT2D eigenvalue weighted by Crippen LogP contribution is 2.32. The first-order valence-corrected chi connectivity index (χ1v) is 8.33. The van der Waals surface area contributed by atoms with Gasteiger partial charge in [-0.2, -0.15) is 0 Å². The number of nitrogens with one attached hydrogen (secondary N) is 1. The molecule has 0 fully saturated rings. The van der Waals surface area contributed by atoms with Crippen LogP contribution >= 0.6 is 11.3 Å². The van der Waals surface area contributed by atoms with Gasteiger partial charge in [0.15, 0.2) is 0 Å². The molecular weight excluding hydrogens is 299 g/mol. The molecule has 1 amide bonds. The third-order valence-electron chi connectivity index (χ3n) is 4.15. The molecule has 1 aliphatic rings. The maximum absolute atomic E-state index is 12.8. The number of carbonyl (C=O) groups excluding carboxylic acids is 1. The lowest BCUT2D eigenvalue weighted by molar-refractivity contribution is -0.123. The normalized spacial score (nSPS) is 18.0. The van der Waals surface area contributed by atoms with Gasteiger partial charge in [0.25, 0.3) is 0 Å². The van der Waals surface area contributed by atoms with Gasteiger partial charge >= 0.3 is 0 Å². The zero-order valence-corrected chi connectivity index (χ0v) is 13.3. The summed E-state index contributed by atoms with van der Waals surface area (Å²) in [6, 6.07) is 8.64. The van der Waals surface area contributed by atoms with Crippen LogP contribution in [0.5, 0.6) is 0 Å². The third-order valence-corrected chi connectivity index (χ3v) is 5.15. The fourth-order valence-corrected chi connectivity index (χ4v) is 3.78. The topological polar surface area (TPSA) is 32.3 Å². The van der Waals surface area contributed by atoms with E-state index in [1.807, 2.05) is 0 Å². The van der Waals surface area contributed by atoms with Crippen molar-refractivity contribution in [2.45, 2.75) is 25.9 Å². The number of thiophene rings is 1. The summed E-state index contributed by atoms with van der Waals surface area (Å²) in [6.07, 6.45) is 1.02. The van der Waals surface area contributed by atoms with E-state index in [1.165, 1.54) is 22.6 Å². The SMILES string of the molecule is CC1c2ccsc2CCN1CC(=O)NCc1ccc(F)cc1. The molecule has 0 radical (unpaired) electrons. The molecule has 0 saturated carbocycles. The Balaban J connectivity index is 1.53. The van der Waals surface area contributed by atoms with E-state index in [4.69, 9.17) is 0 Å². The van der Waals surface area contributed by atoms with Gasteiger partial charge < -0.3 is 5.32 Å². The Labute approximate surface area is 133 Å². The molecule has 1 atom stereocenters. The molecule has 1 unspecified atom stereocenters. The first-order chi connectivity index (χ1) is 10.6. The molecule has 1 aromatic heterocycles. The first-order valence-electron chi connectivity index (χ1n) is 7.45. The third kappa shape index (κ3) is 3.36. The summed E-state index contributed by atoms with van der Waals surface area (Å²) in [4.78, 5) is 15.8. The van der Waals surface area contributed by atoms with E-state index in [0.717, 1.165) is 18.5 Å². The Morgan fingerprint density at radius 3 is 2.91 bits per heavy atom. The van der Waals surface area contributed by atoms with E-state index < -0.39 is 0 Å². The molecule has 3 rings (SSSR count). The van der Waals surface area contributed by atoms with Gasteiger partial charge in [-0.15, -0.1) is 11.3 Å². The maximum Gasteiger partial charge on any atom is 0.234 e. The van der Waals surface area contributed by atoms with Crippen LogP contribution in [0.3, 0.4) is 0 Å². The van der Waals surface area contributed by atoms with E-state index >= 15 is 0 Å². The van der Waals surface area contributed by atoms with Crippen LogP contribution in [-0.2, 0) is 17.8 Å². The zero-order chi connectivity index (χ0) is 15.5. The van der Waals surface area contributed by atoms with Crippen molar-refractivity contribution in [3.63, 3.8) is 0 Å². The molecule has 3 nitrogen and oxygen atoms in total. The largest absolute Gasteiger partial charge is 0.351 e. The number of hydrogen-bond acceptors (Lipinski definition) is 3. The van der Waals surface area contributed by atoms with Crippen molar-refractivity contribution in [1.82, 2.24) is 10.2 Å². The van der Waals surface area contributed by atoms with Crippen molar-refractivity contribution in [1.29, 1.82) is 0 Å². The van der Waals surface area contributed by atoms with Gasteiger partial charge in [0.05, 0.1) is 6.54 Å². The number of benzene rings is 1. The molecule has 0 saturated heterocycles. The van der Waals surface area contributed by atoms with E-state index in [2.05, 4.69) is 28.6 Å². The van der Waals surface area contributed by atoms with Gasteiger partial charge in [0.1, 0.15) is 5.82 Å². The minimum Gasteiger partial charge on any atom is -0.351 e. The molecule has 0 spiro atoms. The van der Waals surface area contributed by atoms with E-state index in [1.54, 1.807) is 23.5 Å². The molecular formula is C17H19FN2OS. The molecule has 2 heterocycles. The predicted octanol–water partition coefficient (Wildman–Crippen LogP) is 3.12. The minimum atomic E-state index is -0.260. The molecule has 1 aromatic carbocycles. The van der Waals surface area contributed by atoms with Gasteiger partial charge in [-0.3, -0.25) is 9.69 Å². The molecule has 0 aliphatic carbocycles. The molecule has 5 heteroatoms. The fraction of sp³-hybridized carbons (Fsp3) is 0.353. The van der Waals surface area contributed by atoms with Crippen molar-refractivity contribution >= 4 is 17.2 Å². The molecule has 1 N–H and O–H groups in total. The highest BCUT2D eigenvalue weighted by Gasteiger charge is 2.25. The van der Waals surface area contributed by atoms with Crippen LogP contribution < -0.4 is 5.32 Å². The van der Waals surface area contributed by atoms with Gasteiger partial charge in [0, 0.05) is 24.0 Å². The average molecular weight is 318 g/mol. The van der Waals surface area contributed by atoms with Crippen molar-refractivity contribution < 1.29 is 9.18 Å². The zero-order valence-electron chi connectivity index (χ0n) is 12.5.